The quantitative estimate of drug-likeness (QED) is 0.0261. The van der Waals surface area contributed by atoms with Crippen LogP contribution in [0.5, 0.6) is 0 Å². The molecule has 6 nitrogen and oxygen atoms in total. The number of esters is 3. The molecule has 0 amide bonds. The van der Waals surface area contributed by atoms with E-state index in [0.717, 1.165) is 161 Å². The molecule has 0 rings (SSSR count). The molecule has 0 aromatic heterocycles. The lowest BCUT2D eigenvalue weighted by molar-refractivity contribution is -0.167. The van der Waals surface area contributed by atoms with Crippen molar-refractivity contribution in [3.8, 4) is 0 Å². The molecule has 0 aliphatic heterocycles. The molecule has 81 heavy (non-hydrogen) atoms. The van der Waals surface area contributed by atoms with E-state index in [4.69, 9.17) is 14.2 Å². The van der Waals surface area contributed by atoms with Crippen LogP contribution in [-0.2, 0) is 28.6 Å². The average Bonchev–Trinajstić information content (AvgIpc) is 3.46. The summed E-state index contributed by atoms with van der Waals surface area (Å²) in [6.07, 6.45) is 97.2. The van der Waals surface area contributed by atoms with E-state index in [1.54, 1.807) is 0 Å². The fourth-order valence-corrected chi connectivity index (χ4v) is 8.92. The summed E-state index contributed by atoms with van der Waals surface area (Å²) >= 11 is 0. The van der Waals surface area contributed by atoms with Crippen molar-refractivity contribution in [2.45, 2.75) is 297 Å². The molecule has 0 aliphatic carbocycles. The number of carbonyl (C=O) groups excluding carboxylic acids is 3. The number of carbonyl (C=O) groups is 3. The zero-order valence-electron chi connectivity index (χ0n) is 52.5. The number of ether oxygens (including phenoxy) is 3. The van der Waals surface area contributed by atoms with Gasteiger partial charge in [0.1, 0.15) is 13.2 Å². The van der Waals surface area contributed by atoms with Crippen molar-refractivity contribution < 1.29 is 28.6 Å². The van der Waals surface area contributed by atoms with Crippen LogP contribution >= 0.6 is 0 Å². The Kier molecular flexibility index (Phi) is 63.9. The summed E-state index contributed by atoms with van der Waals surface area (Å²) in [5, 5.41) is 0. The third-order valence-corrected chi connectivity index (χ3v) is 13.8. The molecule has 0 N–H and O–H groups in total. The molecule has 0 aromatic carbocycles. The van der Waals surface area contributed by atoms with E-state index in [1.165, 1.54) is 89.9 Å². The molecule has 458 valence electrons. The third-order valence-electron chi connectivity index (χ3n) is 13.8. The Labute approximate surface area is 499 Å². The molecule has 0 saturated carbocycles. The van der Waals surface area contributed by atoms with Gasteiger partial charge in [-0.1, -0.05) is 295 Å². The lowest BCUT2D eigenvalue weighted by atomic mass is 10.0. The fourth-order valence-electron chi connectivity index (χ4n) is 8.92. The van der Waals surface area contributed by atoms with Gasteiger partial charge in [0.15, 0.2) is 6.10 Å². The zero-order valence-corrected chi connectivity index (χ0v) is 52.5. The molecular formula is C75H122O6. The maximum absolute atomic E-state index is 12.9. The molecule has 0 aromatic rings. The van der Waals surface area contributed by atoms with Crippen LogP contribution in [0.15, 0.2) is 146 Å². The second-order valence-electron chi connectivity index (χ2n) is 21.6. The number of rotatable bonds is 59. The lowest BCUT2D eigenvalue weighted by Crippen LogP contribution is -2.30. The van der Waals surface area contributed by atoms with Gasteiger partial charge in [0.2, 0.25) is 0 Å². The Bertz CT molecular complexity index is 1760. The van der Waals surface area contributed by atoms with E-state index >= 15 is 0 Å². The average molecular weight is 1120 g/mol. The van der Waals surface area contributed by atoms with E-state index in [0.29, 0.717) is 19.3 Å². The standard InChI is InChI=1S/C75H122O6/c1-4-7-10-13-16-19-22-25-27-28-29-30-31-32-33-34-35-36-37-38-39-40-41-42-43-44-45-46-48-50-53-56-59-62-65-68-74(77)80-71-72(70-79-73(76)67-64-61-58-55-52-49-24-21-18-15-12-9-6-3)81-75(78)69-66-63-60-57-54-51-47-26-23-20-17-14-11-8-5-2/h7-8,10-11,16-17,19-20,25-27,29-30,32-33,35-36,38-39,41-42,44-45,47,72H,4-6,9,12-15,18,21-24,28,31,34,37,40,43,46,48-71H2,1-3H3/b10-7-,11-8-,19-16-,20-17-,27-25-,30-29-,33-32-,36-35-,39-38-,42-41-,45-44-,47-26-. The first-order valence-electron chi connectivity index (χ1n) is 33.3. The van der Waals surface area contributed by atoms with Gasteiger partial charge in [-0.25, -0.2) is 0 Å². The molecule has 0 bridgehead atoms. The summed E-state index contributed by atoms with van der Waals surface area (Å²) in [5.41, 5.74) is 0. The summed E-state index contributed by atoms with van der Waals surface area (Å²) in [7, 11) is 0. The van der Waals surface area contributed by atoms with Gasteiger partial charge >= 0.3 is 17.9 Å². The minimum atomic E-state index is -0.796. The largest absolute Gasteiger partial charge is 0.462 e. The summed E-state index contributed by atoms with van der Waals surface area (Å²) in [6, 6.07) is 0. The molecule has 1 atom stereocenters. The molecule has 6 heteroatoms. The van der Waals surface area contributed by atoms with Gasteiger partial charge in [-0.2, -0.15) is 0 Å². The van der Waals surface area contributed by atoms with Crippen molar-refractivity contribution in [2.24, 2.45) is 0 Å². The van der Waals surface area contributed by atoms with E-state index in [2.05, 4.69) is 167 Å². The molecule has 0 radical (unpaired) electrons. The predicted octanol–water partition coefficient (Wildman–Crippen LogP) is 23.1. The SMILES string of the molecule is CC/C=C\C/C=C\C/C=C\C/C=C\C/C=C\C/C=C\C/C=C\C/C=C\C/C=C\CCCCCCCCCC(=O)OCC(COC(=O)CCCCCCCCCCCCCCC)OC(=O)CCCCCCC/C=C\C/C=C\C/C=C\CC. The first kappa shape index (κ1) is 76.3. The van der Waals surface area contributed by atoms with Gasteiger partial charge in [0, 0.05) is 19.3 Å². The van der Waals surface area contributed by atoms with Gasteiger partial charge < -0.3 is 14.2 Å². The van der Waals surface area contributed by atoms with Crippen LogP contribution in [0, 0.1) is 0 Å². The Morgan fingerprint density at radius 1 is 0.259 bits per heavy atom. The topological polar surface area (TPSA) is 78.9 Å². The highest BCUT2D eigenvalue weighted by molar-refractivity contribution is 5.71. The van der Waals surface area contributed by atoms with E-state index in [9.17, 15) is 14.4 Å². The van der Waals surface area contributed by atoms with Crippen molar-refractivity contribution in [1.82, 2.24) is 0 Å². The van der Waals surface area contributed by atoms with Crippen molar-refractivity contribution in [3.63, 3.8) is 0 Å². The van der Waals surface area contributed by atoms with Crippen LogP contribution < -0.4 is 0 Å². The van der Waals surface area contributed by atoms with Gasteiger partial charge in [0.05, 0.1) is 0 Å². The van der Waals surface area contributed by atoms with Crippen LogP contribution in [0.25, 0.3) is 0 Å². The van der Waals surface area contributed by atoms with E-state index in [1.807, 2.05) is 0 Å². The first-order valence-corrected chi connectivity index (χ1v) is 33.3. The summed E-state index contributed by atoms with van der Waals surface area (Å²) in [6.45, 7) is 6.40. The second-order valence-corrected chi connectivity index (χ2v) is 21.6. The maximum Gasteiger partial charge on any atom is 0.306 e. The lowest BCUT2D eigenvalue weighted by Gasteiger charge is -2.18. The van der Waals surface area contributed by atoms with Crippen molar-refractivity contribution in [3.05, 3.63) is 146 Å². The molecular weight excluding hydrogens is 997 g/mol. The molecule has 1 unspecified atom stereocenters. The molecule has 0 saturated heterocycles. The van der Waals surface area contributed by atoms with Gasteiger partial charge in [0.25, 0.3) is 0 Å². The van der Waals surface area contributed by atoms with E-state index < -0.39 is 6.10 Å². The highest BCUT2D eigenvalue weighted by atomic mass is 16.6. The van der Waals surface area contributed by atoms with Crippen molar-refractivity contribution >= 4 is 17.9 Å². The normalized spacial score (nSPS) is 13.1. The zero-order chi connectivity index (χ0) is 58.5. The minimum absolute atomic E-state index is 0.0898. The number of unbranched alkanes of at least 4 members (excludes halogenated alkanes) is 24. The van der Waals surface area contributed by atoms with E-state index in [-0.39, 0.29) is 31.1 Å². The summed E-state index contributed by atoms with van der Waals surface area (Å²) < 4.78 is 16.9. The predicted molar refractivity (Wildman–Crippen MR) is 352 cm³/mol. The minimum Gasteiger partial charge on any atom is -0.462 e. The summed E-state index contributed by atoms with van der Waals surface area (Å²) in [5.74, 6) is -0.916. The highest BCUT2D eigenvalue weighted by Gasteiger charge is 2.19. The first-order chi connectivity index (χ1) is 40.0. The van der Waals surface area contributed by atoms with Gasteiger partial charge in [-0.3, -0.25) is 14.4 Å². The third kappa shape index (κ3) is 66.0. The number of allylic oxidation sites excluding steroid dienone is 24. The Morgan fingerprint density at radius 3 is 0.753 bits per heavy atom. The van der Waals surface area contributed by atoms with Crippen LogP contribution in [0.2, 0.25) is 0 Å². The molecule has 0 heterocycles. The fraction of sp³-hybridized carbons (Fsp3) is 0.640. The Balaban J connectivity index is 4.28. The van der Waals surface area contributed by atoms with Gasteiger partial charge in [-0.05, 0) is 122 Å². The smallest absolute Gasteiger partial charge is 0.306 e. The van der Waals surface area contributed by atoms with Crippen LogP contribution in [0.4, 0.5) is 0 Å². The molecule has 0 spiro atoms. The number of hydrogen-bond donors (Lipinski definition) is 0. The van der Waals surface area contributed by atoms with Crippen LogP contribution in [0.3, 0.4) is 0 Å². The Morgan fingerprint density at radius 2 is 0.481 bits per heavy atom. The van der Waals surface area contributed by atoms with Gasteiger partial charge in [-0.15, -0.1) is 0 Å². The maximum atomic E-state index is 12.9. The van der Waals surface area contributed by atoms with Crippen LogP contribution in [0.1, 0.15) is 290 Å². The van der Waals surface area contributed by atoms with Crippen molar-refractivity contribution in [1.29, 1.82) is 0 Å². The number of hydrogen-bond acceptors (Lipinski definition) is 6. The summed E-state index contributed by atoms with van der Waals surface area (Å²) in [4.78, 5) is 38.3. The molecule has 0 fully saturated rings. The second kappa shape index (κ2) is 67.8. The van der Waals surface area contributed by atoms with Crippen LogP contribution in [-0.4, -0.2) is 37.2 Å². The van der Waals surface area contributed by atoms with Crippen molar-refractivity contribution in [2.75, 3.05) is 13.2 Å². The Hall–Kier alpha value is -4.71. The monoisotopic (exact) mass is 1120 g/mol. The highest BCUT2D eigenvalue weighted by Crippen LogP contribution is 2.15. The molecule has 0 aliphatic rings.